The summed E-state index contributed by atoms with van der Waals surface area (Å²) in [5.41, 5.74) is 7.90. The van der Waals surface area contributed by atoms with Gasteiger partial charge in [0, 0.05) is 11.7 Å². The van der Waals surface area contributed by atoms with E-state index in [9.17, 15) is 4.21 Å². The van der Waals surface area contributed by atoms with Crippen LogP contribution in [0.5, 0.6) is 0 Å². The molecule has 0 aromatic heterocycles. The number of para-hydroxylation sites is 1. The van der Waals surface area contributed by atoms with Crippen LogP contribution < -0.4 is 10.5 Å². The Morgan fingerprint density at radius 1 is 1.33 bits per heavy atom. The fraction of sp³-hybridized carbons (Fsp3) is 0.571. The van der Waals surface area contributed by atoms with Crippen molar-refractivity contribution in [3.05, 3.63) is 29.8 Å². The van der Waals surface area contributed by atoms with Gasteiger partial charge in [-0.1, -0.05) is 18.2 Å². The lowest BCUT2D eigenvalue weighted by molar-refractivity contribution is 0.557. The molecule has 0 saturated heterocycles. The van der Waals surface area contributed by atoms with E-state index in [0.29, 0.717) is 5.92 Å². The number of nitrogen functional groups attached to an aromatic ring is 1. The van der Waals surface area contributed by atoms with E-state index in [0.717, 1.165) is 11.3 Å². The Labute approximate surface area is 112 Å². The van der Waals surface area contributed by atoms with Gasteiger partial charge in [0.1, 0.15) is 0 Å². The number of hydrogen-bond donors (Lipinski definition) is 2. The highest BCUT2D eigenvalue weighted by atomic mass is 32.2. The Morgan fingerprint density at radius 2 is 1.94 bits per heavy atom. The summed E-state index contributed by atoms with van der Waals surface area (Å²) in [5.74, 6) is 0.570. The first kappa shape index (κ1) is 13.6. The quantitative estimate of drug-likeness (QED) is 0.823. The van der Waals surface area contributed by atoms with Gasteiger partial charge in [-0.25, -0.2) is 8.93 Å². The summed E-state index contributed by atoms with van der Waals surface area (Å²) in [6.45, 7) is 5.94. The average Bonchev–Trinajstić information content (AvgIpc) is 3.09. The molecule has 100 valence electrons. The van der Waals surface area contributed by atoms with Crippen molar-refractivity contribution in [2.75, 3.05) is 5.73 Å². The predicted octanol–water partition coefficient (Wildman–Crippen LogP) is 2.77. The fourth-order valence-corrected chi connectivity index (χ4v) is 2.83. The first-order valence-electron chi connectivity index (χ1n) is 6.42. The lowest BCUT2D eigenvalue weighted by Gasteiger charge is -2.25. The van der Waals surface area contributed by atoms with E-state index < -0.39 is 11.0 Å². The third-order valence-corrected chi connectivity index (χ3v) is 4.80. The molecule has 0 unspecified atom stereocenters. The zero-order chi connectivity index (χ0) is 13.3. The van der Waals surface area contributed by atoms with E-state index in [1.807, 2.05) is 45.0 Å². The Balaban J connectivity index is 2.20. The maximum atomic E-state index is 12.3. The molecule has 1 aliphatic rings. The van der Waals surface area contributed by atoms with E-state index in [4.69, 9.17) is 5.73 Å². The molecule has 3 N–H and O–H groups in total. The van der Waals surface area contributed by atoms with Crippen LogP contribution in [0.25, 0.3) is 0 Å². The summed E-state index contributed by atoms with van der Waals surface area (Å²) in [4.78, 5) is 0. The molecule has 2 rings (SSSR count). The third kappa shape index (κ3) is 3.12. The Hall–Kier alpha value is -0.870. The molecule has 0 amide bonds. The second-order valence-electron chi connectivity index (χ2n) is 5.94. The minimum Gasteiger partial charge on any atom is -0.398 e. The first-order valence-corrected chi connectivity index (χ1v) is 7.57. The highest BCUT2D eigenvalue weighted by Gasteiger charge is 2.35. The third-order valence-electron chi connectivity index (χ3n) is 3.21. The number of nitrogens with one attached hydrogen (secondary N) is 1. The van der Waals surface area contributed by atoms with E-state index in [-0.39, 0.29) is 10.8 Å². The molecular formula is C14H22N2OS. The summed E-state index contributed by atoms with van der Waals surface area (Å²) in [7, 11) is -1.06. The van der Waals surface area contributed by atoms with Crippen LogP contribution in [0.2, 0.25) is 0 Å². The Bertz CT molecular complexity index is 449. The van der Waals surface area contributed by atoms with Crippen LogP contribution in [-0.2, 0) is 11.0 Å². The Kier molecular flexibility index (Phi) is 3.78. The van der Waals surface area contributed by atoms with Gasteiger partial charge in [0.05, 0.1) is 15.7 Å². The van der Waals surface area contributed by atoms with Crippen LogP contribution in [0, 0.1) is 5.92 Å². The molecule has 0 radical (unpaired) electrons. The monoisotopic (exact) mass is 266 g/mol. The molecule has 0 spiro atoms. The maximum absolute atomic E-state index is 12.3. The molecule has 1 fully saturated rings. The zero-order valence-corrected chi connectivity index (χ0v) is 12.1. The van der Waals surface area contributed by atoms with Crippen LogP contribution in [0.1, 0.15) is 45.2 Å². The molecular weight excluding hydrogens is 244 g/mol. The van der Waals surface area contributed by atoms with Crippen LogP contribution in [-0.4, -0.2) is 8.96 Å². The topological polar surface area (TPSA) is 55.1 Å². The van der Waals surface area contributed by atoms with Crippen LogP contribution >= 0.6 is 0 Å². The minimum absolute atomic E-state index is 0.117. The van der Waals surface area contributed by atoms with Crippen LogP contribution in [0.3, 0.4) is 0 Å². The number of hydrogen-bond acceptors (Lipinski definition) is 2. The van der Waals surface area contributed by atoms with Gasteiger partial charge in [0.15, 0.2) is 0 Å². The summed E-state index contributed by atoms with van der Waals surface area (Å²) < 4.78 is 15.3. The lowest BCUT2D eigenvalue weighted by atomic mass is 10.0. The smallest absolute Gasteiger partial charge is 0.0976 e. The fourth-order valence-electron chi connectivity index (χ4n) is 1.93. The van der Waals surface area contributed by atoms with Crippen LogP contribution in [0.4, 0.5) is 5.69 Å². The molecule has 1 saturated carbocycles. The van der Waals surface area contributed by atoms with Crippen molar-refractivity contribution in [3.8, 4) is 0 Å². The number of benzene rings is 1. The molecule has 0 aliphatic heterocycles. The van der Waals surface area contributed by atoms with E-state index in [2.05, 4.69) is 4.72 Å². The summed E-state index contributed by atoms with van der Waals surface area (Å²) in [6, 6.07) is 7.98. The van der Waals surface area contributed by atoms with Gasteiger partial charge in [0.2, 0.25) is 0 Å². The highest BCUT2D eigenvalue weighted by molar-refractivity contribution is 7.84. The molecule has 1 aliphatic carbocycles. The van der Waals surface area contributed by atoms with Crippen molar-refractivity contribution in [1.29, 1.82) is 0 Å². The second kappa shape index (κ2) is 5.02. The summed E-state index contributed by atoms with van der Waals surface area (Å²) in [5, 5.41) is 0. The maximum Gasteiger partial charge on any atom is 0.0976 e. The van der Waals surface area contributed by atoms with E-state index in [1.54, 1.807) is 0 Å². The average molecular weight is 266 g/mol. The van der Waals surface area contributed by atoms with E-state index >= 15 is 0 Å². The molecule has 3 nitrogen and oxygen atoms in total. The lowest BCUT2D eigenvalue weighted by Crippen LogP contribution is -2.36. The minimum atomic E-state index is -1.06. The van der Waals surface area contributed by atoms with Crippen molar-refractivity contribution < 1.29 is 4.21 Å². The molecule has 0 heterocycles. The second-order valence-corrected chi connectivity index (χ2v) is 7.94. The molecule has 18 heavy (non-hydrogen) atoms. The Morgan fingerprint density at radius 3 is 2.44 bits per heavy atom. The van der Waals surface area contributed by atoms with Gasteiger partial charge in [-0.15, -0.1) is 0 Å². The number of anilines is 1. The van der Waals surface area contributed by atoms with Gasteiger partial charge >= 0.3 is 0 Å². The van der Waals surface area contributed by atoms with E-state index in [1.165, 1.54) is 12.8 Å². The normalized spacial score (nSPS) is 19.5. The van der Waals surface area contributed by atoms with Gasteiger partial charge in [0.25, 0.3) is 0 Å². The standard InChI is InChI=1S/C14H22N2OS/c1-14(2,3)18(17)16-13(10-8-9-10)11-6-4-5-7-12(11)15/h4-7,10,13,16H,8-9,15H2,1-3H3/t13-,18-/m1/s1. The zero-order valence-electron chi connectivity index (χ0n) is 11.3. The largest absolute Gasteiger partial charge is 0.398 e. The van der Waals surface area contributed by atoms with Crippen molar-refractivity contribution >= 4 is 16.7 Å². The van der Waals surface area contributed by atoms with Gasteiger partial charge in [-0.2, -0.15) is 0 Å². The van der Waals surface area contributed by atoms with Gasteiger partial charge in [-0.05, 0) is 51.2 Å². The summed E-state index contributed by atoms with van der Waals surface area (Å²) in [6.07, 6.45) is 2.38. The molecule has 1 aromatic carbocycles. The van der Waals surface area contributed by atoms with Gasteiger partial charge in [-0.3, -0.25) is 0 Å². The van der Waals surface area contributed by atoms with Crippen molar-refractivity contribution in [1.82, 2.24) is 4.72 Å². The number of nitrogens with two attached hydrogens (primary N) is 1. The number of rotatable bonds is 4. The highest BCUT2D eigenvalue weighted by Crippen LogP contribution is 2.43. The predicted molar refractivity (Wildman–Crippen MR) is 77.4 cm³/mol. The molecule has 2 atom stereocenters. The van der Waals surface area contributed by atoms with Crippen molar-refractivity contribution in [2.24, 2.45) is 5.92 Å². The molecule has 0 bridgehead atoms. The van der Waals surface area contributed by atoms with Crippen molar-refractivity contribution in [3.63, 3.8) is 0 Å². The summed E-state index contributed by atoms with van der Waals surface area (Å²) >= 11 is 0. The first-order chi connectivity index (χ1) is 8.39. The SMILES string of the molecule is CC(C)(C)[S@@](=O)N[C@@H](c1ccccc1N)C1CC1. The van der Waals surface area contributed by atoms with Crippen molar-refractivity contribution in [2.45, 2.75) is 44.4 Å². The molecule has 4 heteroatoms. The molecule has 1 aromatic rings. The van der Waals surface area contributed by atoms with Gasteiger partial charge < -0.3 is 5.73 Å². The van der Waals surface area contributed by atoms with Crippen LogP contribution in [0.15, 0.2) is 24.3 Å².